The summed E-state index contributed by atoms with van der Waals surface area (Å²) in [6, 6.07) is 0. The Bertz CT molecular complexity index is 96.7. The zero-order chi connectivity index (χ0) is 6.78. The van der Waals surface area contributed by atoms with Crippen LogP contribution in [-0.4, -0.2) is 11.2 Å². The van der Waals surface area contributed by atoms with Gasteiger partial charge in [0, 0.05) is 6.42 Å². The second kappa shape index (κ2) is 2.40. The van der Waals surface area contributed by atoms with E-state index in [-0.39, 0.29) is 6.42 Å². The van der Waals surface area contributed by atoms with Gasteiger partial charge in [0.2, 0.25) is 5.78 Å². The van der Waals surface area contributed by atoms with E-state index in [9.17, 15) is 13.6 Å². The Morgan fingerprint density at radius 1 is 1.75 bits per heavy atom. The van der Waals surface area contributed by atoms with Gasteiger partial charge in [0.05, 0.1) is 0 Å². The fraction of sp³-hybridized carbons (Fsp3) is 0.750. The van der Waals surface area contributed by atoms with Crippen LogP contribution in [-0.2, 0) is 4.79 Å². The summed E-state index contributed by atoms with van der Waals surface area (Å²) < 4.78 is 23.1. The Balaban J connectivity index is 3.82. The van der Waals surface area contributed by atoms with Crippen LogP contribution in [0.1, 0.15) is 13.3 Å². The summed E-state index contributed by atoms with van der Waals surface area (Å²) in [7, 11) is 0. The molecule has 0 saturated heterocycles. The average molecular weight is 143 g/mol. The average Bonchev–Trinajstić information content (AvgIpc) is 1.62. The van der Waals surface area contributed by atoms with Crippen molar-refractivity contribution in [1.82, 2.24) is 0 Å². The van der Waals surface area contributed by atoms with Crippen molar-refractivity contribution in [3.63, 3.8) is 0 Å². The van der Waals surface area contributed by atoms with E-state index in [0.29, 0.717) is 0 Å². The first-order valence-corrected chi connectivity index (χ1v) is 2.46. The van der Waals surface area contributed by atoms with Gasteiger partial charge in [-0.3, -0.25) is 4.79 Å². The molecule has 48 valence electrons. The van der Waals surface area contributed by atoms with Crippen molar-refractivity contribution in [1.29, 1.82) is 0 Å². The van der Waals surface area contributed by atoms with Gasteiger partial charge in [0.25, 0.3) is 0 Å². The second-order valence-corrected chi connectivity index (χ2v) is 1.75. The quantitative estimate of drug-likeness (QED) is 0.538. The number of alkyl halides is 3. The third-order valence-electron chi connectivity index (χ3n) is 0.637. The largest absolute Gasteiger partial charge is 0.380 e. The maximum Gasteiger partial charge on any atom is 0.380 e. The Morgan fingerprint density at radius 2 is 2.12 bits per heavy atom. The standard InChI is InChI=1S/C4H5ClF2O/c1-2-3(8)4(5,6)7/h2H2,1H3. The highest BCUT2D eigenvalue weighted by atomic mass is 35.5. The van der Waals surface area contributed by atoms with E-state index in [0.717, 1.165) is 0 Å². The first-order valence-electron chi connectivity index (χ1n) is 2.08. The molecule has 0 N–H and O–H groups in total. The fourth-order valence-corrected chi connectivity index (χ4v) is 0.334. The third kappa shape index (κ3) is 2.21. The highest BCUT2D eigenvalue weighted by molar-refractivity contribution is 6.32. The number of ketones is 1. The summed E-state index contributed by atoms with van der Waals surface area (Å²) in [6.07, 6.45) is -0.226. The SMILES string of the molecule is CCC(=O)C(F)(F)Cl. The van der Waals surface area contributed by atoms with E-state index < -0.39 is 11.2 Å². The van der Waals surface area contributed by atoms with Gasteiger partial charge in [-0.2, -0.15) is 8.78 Å². The molecule has 8 heavy (non-hydrogen) atoms. The van der Waals surface area contributed by atoms with E-state index in [1.807, 2.05) is 0 Å². The predicted molar refractivity (Wildman–Crippen MR) is 26.1 cm³/mol. The highest BCUT2D eigenvalue weighted by Gasteiger charge is 2.33. The third-order valence-corrected chi connectivity index (χ3v) is 0.848. The smallest absolute Gasteiger partial charge is 0.291 e. The van der Waals surface area contributed by atoms with Crippen LogP contribution in [0.5, 0.6) is 0 Å². The van der Waals surface area contributed by atoms with Gasteiger partial charge in [-0.05, 0) is 11.6 Å². The normalized spacial score (nSPS) is 11.5. The van der Waals surface area contributed by atoms with Crippen molar-refractivity contribution in [3.05, 3.63) is 0 Å². The van der Waals surface area contributed by atoms with Crippen LogP contribution in [0, 0.1) is 0 Å². The van der Waals surface area contributed by atoms with Gasteiger partial charge in [-0.25, -0.2) is 0 Å². The Hall–Kier alpha value is -0.180. The maximum absolute atomic E-state index is 11.5. The minimum absolute atomic E-state index is 0.226. The lowest BCUT2D eigenvalue weighted by Crippen LogP contribution is -2.19. The number of hydrogen-bond donors (Lipinski definition) is 0. The van der Waals surface area contributed by atoms with Crippen molar-refractivity contribution < 1.29 is 13.6 Å². The molecule has 0 radical (unpaired) electrons. The molecule has 0 aromatic carbocycles. The van der Waals surface area contributed by atoms with Gasteiger partial charge in [0.15, 0.2) is 0 Å². The number of halogens is 3. The lowest BCUT2D eigenvalue weighted by molar-refractivity contribution is -0.132. The number of carbonyl (C=O) groups excluding carboxylic acids is 1. The monoisotopic (exact) mass is 142 g/mol. The zero-order valence-electron chi connectivity index (χ0n) is 4.25. The van der Waals surface area contributed by atoms with Crippen molar-refractivity contribution in [2.75, 3.05) is 0 Å². The first-order chi connectivity index (χ1) is 3.48. The van der Waals surface area contributed by atoms with E-state index >= 15 is 0 Å². The van der Waals surface area contributed by atoms with Crippen LogP contribution in [0.3, 0.4) is 0 Å². The summed E-state index contributed by atoms with van der Waals surface area (Å²) in [4.78, 5) is 9.95. The maximum atomic E-state index is 11.5. The molecule has 0 aromatic rings. The molecule has 0 fully saturated rings. The molecule has 0 saturated carbocycles. The van der Waals surface area contributed by atoms with Crippen LogP contribution in [0.4, 0.5) is 8.78 Å². The van der Waals surface area contributed by atoms with E-state index in [2.05, 4.69) is 11.6 Å². The van der Waals surface area contributed by atoms with Crippen LogP contribution in [0.25, 0.3) is 0 Å². The van der Waals surface area contributed by atoms with Crippen LogP contribution >= 0.6 is 11.6 Å². The van der Waals surface area contributed by atoms with Crippen LogP contribution < -0.4 is 0 Å². The minimum atomic E-state index is -3.66. The molecule has 0 aliphatic carbocycles. The number of hydrogen-bond acceptors (Lipinski definition) is 1. The Kier molecular flexibility index (Phi) is 2.34. The fourth-order valence-electron chi connectivity index (χ4n) is 0.200. The van der Waals surface area contributed by atoms with Gasteiger partial charge < -0.3 is 0 Å². The van der Waals surface area contributed by atoms with E-state index in [1.54, 1.807) is 0 Å². The Morgan fingerprint density at radius 3 is 2.12 bits per heavy atom. The van der Waals surface area contributed by atoms with Gasteiger partial charge >= 0.3 is 5.38 Å². The summed E-state index contributed by atoms with van der Waals surface area (Å²) >= 11 is 4.30. The van der Waals surface area contributed by atoms with Gasteiger partial charge in [-0.1, -0.05) is 6.92 Å². The molecule has 0 spiro atoms. The van der Waals surface area contributed by atoms with Crippen molar-refractivity contribution >= 4 is 17.4 Å². The van der Waals surface area contributed by atoms with Crippen molar-refractivity contribution in [2.24, 2.45) is 0 Å². The van der Waals surface area contributed by atoms with Crippen molar-refractivity contribution in [3.8, 4) is 0 Å². The molecule has 0 aliphatic heterocycles. The molecule has 0 rings (SSSR count). The first kappa shape index (κ1) is 7.82. The van der Waals surface area contributed by atoms with Crippen molar-refractivity contribution in [2.45, 2.75) is 18.7 Å². The number of Topliss-reactive ketones (excluding diaryl/α,β-unsaturated/α-hetero) is 1. The van der Waals surface area contributed by atoms with Crippen LogP contribution in [0.2, 0.25) is 0 Å². The molecule has 0 bridgehead atoms. The van der Waals surface area contributed by atoms with E-state index in [1.165, 1.54) is 6.92 Å². The molecule has 4 heteroatoms. The minimum Gasteiger partial charge on any atom is -0.291 e. The second-order valence-electron chi connectivity index (χ2n) is 1.27. The number of rotatable bonds is 2. The molecule has 1 nitrogen and oxygen atoms in total. The lowest BCUT2D eigenvalue weighted by Gasteiger charge is -2.01. The zero-order valence-corrected chi connectivity index (χ0v) is 5.01. The molecular formula is C4H5ClF2O. The molecule has 0 atom stereocenters. The summed E-state index contributed by atoms with van der Waals surface area (Å²) in [5.41, 5.74) is 0. The highest BCUT2D eigenvalue weighted by Crippen LogP contribution is 2.20. The Labute approximate surface area is 50.6 Å². The topological polar surface area (TPSA) is 17.1 Å². The molecular weight excluding hydrogens is 137 g/mol. The summed E-state index contributed by atoms with van der Waals surface area (Å²) in [6.45, 7) is 1.33. The summed E-state index contributed by atoms with van der Waals surface area (Å²) in [5, 5.41) is -3.66. The molecule has 0 heterocycles. The molecule has 0 unspecified atom stereocenters. The summed E-state index contributed by atoms with van der Waals surface area (Å²) in [5.74, 6) is -1.24. The predicted octanol–water partition coefficient (Wildman–Crippen LogP) is 1.80. The van der Waals surface area contributed by atoms with Gasteiger partial charge in [0.1, 0.15) is 0 Å². The molecule has 0 aliphatic rings. The number of carbonyl (C=O) groups is 1. The van der Waals surface area contributed by atoms with E-state index in [4.69, 9.17) is 0 Å². The lowest BCUT2D eigenvalue weighted by atomic mass is 10.3. The van der Waals surface area contributed by atoms with Gasteiger partial charge in [-0.15, -0.1) is 0 Å². The molecule has 0 amide bonds. The van der Waals surface area contributed by atoms with Crippen LogP contribution in [0.15, 0.2) is 0 Å². The molecule has 0 aromatic heterocycles.